The van der Waals surface area contributed by atoms with Crippen molar-refractivity contribution >= 4 is 17.9 Å². The maximum atomic E-state index is 12.9. The SMILES string of the molecule is CC/C=C\C/C=C\C/C=C\C/C=C\C/C=C\C/C=C\C/C=C\C/C=C\C/C=C\C/C=C\CCCCCCCCC(=O)OC(COC(=O)CCCCCCCCCCCCCCCCCC/C=C\C/C=C\C/C=C\C/C=C\CC)COC(OCC[N+](C)(C)C)C(=O)[O-]. The molecular weight excluding hydrogens is 1130 g/mol. The molecule has 0 aromatic heterocycles. The monoisotopic (exact) mass is 1260 g/mol. The van der Waals surface area contributed by atoms with Crippen LogP contribution in [0.3, 0.4) is 0 Å². The van der Waals surface area contributed by atoms with E-state index in [1.165, 1.54) is 89.9 Å². The number of hydrogen-bond acceptors (Lipinski definition) is 8. The molecule has 2 atom stereocenters. The molecule has 0 heterocycles. The van der Waals surface area contributed by atoms with E-state index in [9.17, 15) is 19.5 Å². The maximum Gasteiger partial charge on any atom is 0.306 e. The van der Waals surface area contributed by atoms with Crippen molar-refractivity contribution in [2.75, 3.05) is 47.5 Å². The van der Waals surface area contributed by atoms with Gasteiger partial charge in [-0.05, 0) is 128 Å². The second-order valence-electron chi connectivity index (χ2n) is 24.8. The molecule has 0 amide bonds. The molecule has 0 saturated carbocycles. The number of nitrogens with zero attached hydrogens (tertiary/aromatic N) is 1. The molecule has 0 aliphatic rings. The van der Waals surface area contributed by atoms with Crippen LogP contribution in [0, 0.1) is 0 Å². The summed E-state index contributed by atoms with van der Waals surface area (Å²) in [6.07, 6.45) is 103. The number of esters is 2. The molecule has 0 aromatic carbocycles. The van der Waals surface area contributed by atoms with Crippen LogP contribution in [-0.4, -0.2) is 82.3 Å². The van der Waals surface area contributed by atoms with Gasteiger partial charge in [-0.15, -0.1) is 0 Å². The number of carboxylic acids is 1. The smallest absolute Gasteiger partial charge is 0.306 e. The number of unbranched alkanes of at least 4 members (excludes halogenated alkanes) is 22. The molecule has 0 aromatic rings. The zero-order valence-corrected chi connectivity index (χ0v) is 58.6. The van der Waals surface area contributed by atoms with Gasteiger partial charge in [0.2, 0.25) is 0 Å². The molecule has 0 radical (unpaired) electrons. The summed E-state index contributed by atoms with van der Waals surface area (Å²) in [6, 6.07) is 0. The average Bonchev–Trinajstić information content (AvgIpc) is 3.50. The molecule has 0 bridgehead atoms. The predicted molar refractivity (Wildman–Crippen MR) is 388 cm³/mol. The average molecular weight is 1260 g/mol. The number of carboxylic acid groups (broad SMARTS) is 1. The fourth-order valence-electron chi connectivity index (χ4n) is 9.50. The highest BCUT2D eigenvalue weighted by Crippen LogP contribution is 2.16. The van der Waals surface area contributed by atoms with E-state index in [1.54, 1.807) is 0 Å². The predicted octanol–water partition coefficient (Wildman–Crippen LogP) is 21.7. The number of aliphatic carboxylic acids is 1. The molecule has 0 N–H and O–H groups in total. The minimum atomic E-state index is -1.64. The molecule has 0 spiro atoms. The van der Waals surface area contributed by atoms with Gasteiger partial charge in [0.15, 0.2) is 12.4 Å². The van der Waals surface area contributed by atoms with E-state index < -0.39 is 24.3 Å². The third-order valence-corrected chi connectivity index (χ3v) is 15.0. The lowest BCUT2D eigenvalue weighted by Crippen LogP contribution is -2.44. The molecule has 514 valence electrons. The van der Waals surface area contributed by atoms with Gasteiger partial charge in [-0.3, -0.25) is 9.59 Å². The molecule has 0 saturated heterocycles. The zero-order valence-electron chi connectivity index (χ0n) is 58.6. The van der Waals surface area contributed by atoms with Crippen molar-refractivity contribution in [1.82, 2.24) is 0 Å². The summed E-state index contributed by atoms with van der Waals surface area (Å²) in [5.74, 6) is -2.31. The van der Waals surface area contributed by atoms with Gasteiger partial charge in [0.05, 0.1) is 40.3 Å². The molecular formula is C82H133NO8. The van der Waals surface area contributed by atoms with Crippen LogP contribution in [0.2, 0.25) is 0 Å². The first-order valence-electron chi connectivity index (χ1n) is 36.3. The minimum absolute atomic E-state index is 0.136. The van der Waals surface area contributed by atoms with E-state index in [1.807, 2.05) is 21.1 Å². The summed E-state index contributed by atoms with van der Waals surface area (Å²) >= 11 is 0. The van der Waals surface area contributed by atoms with Crippen molar-refractivity contribution in [2.24, 2.45) is 0 Å². The van der Waals surface area contributed by atoms with Crippen LogP contribution in [0.25, 0.3) is 0 Å². The van der Waals surface area contributed by atoms with E-state index in [0.29, 0.717) is 17.4 Å². The highest BCUT2D eigenvalue weighted by molar-refractivity contribution is 5.70. The summed E-state index contributed by atoms with van der Waals surface area (Å²) in [5.41, 5.74) is 0. The molecule has 0 aliphatic heterocycles. The number of allylic oxidation sites excluding steroid dienone is 28. The molecule has 9 heteroatoms. The third-order valence-electron chi connectivity index (χ3n) is 15.0. The normalized spacial score (nSPS) is 13.7. The van der Waals surface area contributed by atoms with Crippen molar-refractivity contribution in [3.63, 3.8) is 0 Å². The standard InChI is InChI=1S/C82H133NO8/c1-6-8-10-12-14-16-18-20-22-24-26-28-30-32-34-36-37-38-39-40-41-42-43-45-47-49-51-53-55-57-59-61-63-65-67-69-71-73-80(85)91-78(77-90-82(81(86)87)88-75-74-83(3,4)5)76-89-79(84)72-70-68-66-64-62-60-58-56-54-52-50-48-46-44-35-33-31-29-27-25-23-21-19-17-15-13-11-9-7-2/h8-11,14-17,20-23,26-29,32,34,37-38,40-41,43,45,49,51,55,57,78,82H,6-7,12-13,18-19,24-25,30-31,33,35-36,39,42,44,46-48,50,52-54,56,58-77H2,1-5H3/b10-8-,11-9-,16-14-,17-15-,22-20-,23-21-,28-26-,29-27-,34-32-,38-37-,41-40-,45-43-,51-49-,57-55-. The number of carbonyl (C=O) groups is 3. The van der Waals surface area contributed by atoms with E-state index in [-0.39, 0.29) is 38.6 Å². The Labute approximate surface area is 558 Å². The number of rotatable bonds is 65. The highest BCUT2D eigenvalue weighted by atomic mass is 16.7. The van der Waals surface area contributed by atoms with E-state index >= 15 is 0 Å². The third kappa shape index (κ3) is 71.9. The Morgan fingerprint density at radius 3 is 0.879 bits per heavy atom. The fraction of sp³-hybridized carbons (Fsp3) is 0.622. The van der Waals surface area contributed by atoms with Gasteiger partial charge in [0, 0.05) is 12.8 Å². The Morgan fingerprint density at radius 1 is 0.330 bits per heavy atom. The number of carbonyl (C=O) groups excluding carboxylic acids is 3. The second kappa shape index (κ2) is 70.5. The molecule has 0 aliphatic carbocycles. The molecule has 0 rings (SSSR count). The van der Waals surface area contributed by atoms with Crippen LogP contribution in [-0.2, 0) is 33.3 Å². The van der Waals surface area contributed by atoms with E-state index in [4.69, 9.17) is 18.9 Å². The molecule has 9 nitrogen and oxygen atoms in total. The van der Waals surface area contributed by atoms with Crippen LogP contribution in [0.15, 0.2) is 170 Å². The van der Waals surface area contributed by atoms with Gasteiger partial charge >= 0.3 is 11.9 Å². The Bertz CT molecular complexity index is 2100. The summed E-state index contributed by atoms with van der Waals surface area (Å²) in [4.78, 5) is 37.5. The summed E-state index contributed by atoms with van der Waals surface area (Å²) in [6.45, 7) is 4.50. The van der Waals surface area contributed by atoms with Gasteiger partial charge in [0.25, 0.3) is 0 Å². The minimum Gasteiger partial charge on any atom is -0.545 e. The Morgan fingerprint density at radius 2 is 0.593 bits per heavy atom. The lowest BCUT2D eigenvalue weighted by atomic mass is 10.0. The van der Waals surface area contributed by atoms with Gasteiger partial charge in [-0.25, -0.2) is 0 Å². The largest absolute Gasteiger partial charge is 0.545 e. The first kappa shape index (κ1) is 85.7. The lowest BCUT2D eigenvalue weighted by molar-refractivity contribution is -0.870. The fourth-order valence-corrected chi connectivity index (χ4v) is 9.50. The Balaban J connectivity index is 4.19. The molecule has 0 fully saturated rings. The van der Waals surface area contributed by atoms with Crippen molar-refractivity contribution < 1.29 is 42.9 Å². The second-order valence-corrected chi connectivity index (χ2v) is 24.8. The van der Waals surface area contributed by atoms with Crippen molar-refractivity contribution in [3.8, 4) is 0 Å². The Kier molecular flexibility index (Phi) is 66.4. The van der Waals surface area contributed by atoms with Gasteiger partial charge < -0.3 is 33.3 Å². The van der Waals surface area contributed by atoms with Gasteiger partial charge in [0.1, 0.15) is 13.2 Å². The van der Waals surface area contributed by atoms with Crippen molar-refractivity contribution in [1.29, 1.82) is 0 Å². The van der Waals surface area contributed by atoms with Gasteiger partial charge in [-0.2, -0.15) is 0 Å². The number of hydrogen-bond donors (Lipinski definition) is 0. The zero-order chi connectivity index (χ0) is 66.1. The number of quaternary nitrogens is 1. The quantitative estimate of drug-likeness (QED) is 0.0195. The molecule has 91 heavy (non-hydrogen) atoms. The first-order chi connectivity index (χ1) is 44.6. The first-order valence-corrected chi connectivity index (χ1v) is 36.3. The van der Waals surface area contributed by atoms with Crippen molar-refractivity contribution in [2.45, 2.75) is 283 Å². The van der Waals surface area contributed by atoms with Crippen LogP contribution < -0.4 is 5.11 Å². The van der Waals surface area contributed by atoms with Crippen LogP contribution in [0.1, 0.15) is 271 Å². The Hall–Kier alpha value is -5.35. The van der Waals surface area contributed by atoms with E-state index in [2.05, 4.69) is 184 Å². The van der Waals surface area contributed by atoms with E-state index in [0.717, 1.165) is 148 Å². The summed E-state index contributed by atoms with van der Waals surface area (Å²) in [7, 11) is 5.92. The van der Waals surface area contributed by atoms with Gasteiger partial charge in [-0.1, -0.05) is 300 Å². The summed E-state index contributed by atoms with van der Waals surface area (Å²) < 4.78 is 22.8. The topological polar surface area (TPSA) is 111 Å². The molecule has 2 unspecified atom stereocenters. The van der Waals surface area contributed by atoms with Crippen molar-refractivity contribution in [3.05, 3.63) is 170 Å². The highest BCUT2D eigenvalue weighted by Gasteiger charge is 2.22. The van der Waals surface area contributed by atoms with Crippen LogP contribution in [0.5, 0.6) is 0 Å². The number of likely N-dealkylation sites (N-methyl/N-ethyl adjacent to an activating group) is 1. The maximum absolute atomic E-state index is 12.9. The lowest BCUT2D eigenvalue weighted by Gasteiger charge is -2.26. The number of ether oxygens (including phenoxy) is 4. The summed E-state index contributed by atoms with van der Waals surface area (Å²) in [5, 5.41) is 11.8. The van der Waals surface area contributed by atoms with Crippen LogP contribution >= 0.6 is 0 Å². The van der Waals surface area contributed by atoms with Crippen LogP contribution in [0.4, 0.5) is 0 Å².